The van der Waals surface area contributed by atoms with Crippen molar-refractivity contribution in [1.29, 1.82) is 0 Å². The Labute approximate surface area is 171 Å². The molecule has 6 N–H and O–H groups in total. The number of nitrogens with zero attached hydrogens (tertiary/aromatic N) is 1. The number of hydrogen-bond donors (Lipinski definition) is 5. The fourth-order valence-electron chi connectivity index (χ4n) is 2.89. The average Bonchev–Trinajstić information content (AvgIpc) is 2.71. The zero-order chi connectivity index (χ0) is 21.1. The van der Waals surface area contributed by atoms with E-state index in [1.54, 1.807) is 7.05 Å². The molecule has 0 spiro atoms. The van der Waals surface area contributed by atoms with Gasteiger partial charge in [-0.15, -0.1) is 0 Å². The first-order chi connectivity index (χ1) is 14.0. The van der Waals surface area contributed by atoms with Gasteiger partial charge in [0.1, 0.15) is 24.2 Å². The standard InChI is InChI=1S/C20H32N6O3/c1-14-13-29-17-8-4-3-6-15(17)7-5-9-23-20(28)16(10-22-2)26-18(21)11-25-19(27)12-24-14/h3-4,6,8,14,16,22,24H,5,7,9-13H2,1-2H3,(H2,21,26)(H,23,28)(H,25,27)/t14-,16?/m0/s1. The number of aliphatic imine (C=N–C) groups is 1. The van der Waals surface area contributed by atoms with Gasteiger partial charge in [-0.05, 0) is 38.4 Å². The van der Waals surface area contributed by atoms with Crippen molar-refractivity contribution in [2.24, 2.45) is 10.7 Å². The number of likely N-dealkylation sites (N-methyl/N-ethyl adjacent to an activating group) is 1. The van der Waals surface area contributed by atoms with Crippen LogP contribution in [-0.2, 0) is 16.0 Å². The van der Waals surface area contributed by atoms with Gasteiger partial charge in [-0.2, -0.15) is 0 Å². The lowest BCUT2D eigenvalue weighted by atomic mass is 10.1. The molecule has 0 radical (unpaired) electrons. The molecule has 1 aliphatic heterocycles. The third-order valence-corrected chi connectivity index (χ3v) is 4.48. The Kier molecular flexibility index (Phi) is 9.39. The lowest BCUT2D eigenvalue weighted by Gasteiger charge is -2.18. The van der Waals surface area contributed by atoms with Crippen LogP contribution in [0.5, 0.6) is 5.75 Å². The number of rotatable bonds is 2. The normalized spacial score (nSPS) is 22.8. The lowest BCUT2D eigenvalue weighted by molar-refractivity contribution is -0.122. The largest absolute Gasteiger partial charge is 0.492 e. The summed E-state index contributed by atoms with van der Waals surface area (Å²) >= 11 is 0. The van der Waals surface area contributed by atoms with Crippen LogP contribution in [0.25, 0.3) is 0 Å². The Morgan fingerprint density at radius 2 is 2.03 bits per heavy atom. The molecule has 29 heavy (non-hydrogen) atoms. The van der Waals surface area contributed by atoms with Crippen LogP contribution in [0.1, 0.15) is 18.9 Å². The van der Waals surface area contributed by atoms with E-state index in [0.29, 0.717) is 19.7 Å². The molecule has 1 aliphatic rings. The number of ether oxygens (including phenoxy) is 1. The van der Waals surface area contributed by atoms with Crippen LogP contribution in [0.15, 0.2) is 29.3 Å². The molecule has 0 saturated heterocycles. The molecule has 1 aromatic rings. The lowest BCUT2D eigenvalue weighted by Crippen LogP contribution is -2.44. The smallest absolute Gasteiger partial charge is 0.246 e. The van der Waals surface area contributed by atoms with E-state index in [1.165, 1.54) is 0 Å². The van der Waals surface area contributed by atoms with Crippen LogP contribution in [0, 0.1) is 0 Å². The van der Waals surface area contributed by atoms with Gasteiger partial charge < -0.3 is 31.7 Å². The van der Waals surface area contributed by atoms with E-state index in [2.05, 4.69) is 26.3 Å². The monoisotopic (exact) mass is 404 g/mol. The second-order valence-electron chi connectivity index (χ2n) is 7.07. The summed E-state index contributed by atoms with van der Waals surface area (Å²) < 4.78 is 5.94. The van der Waals surface area contributed by atoms with Crippen molar-refractivity contribution in [2.75, 3.05) is 39.8 Å². The number of amidine groups is 1. The number of para-hydroxylation sites is 1. The van der Waals surface area contributed by atoms with E-state index in [1.807, 2.05) is 31.2 Å². The van der Waals surface area contributed by atoms with Gasteiger partial charge in [0.15, 0.2) is 0 Å². The van der Waals surface area contributed by atoms with Gasteiger partial charge in [0.05, 0.1) is 13.1 Å². The fraction of sp³-hybridized carbons (Fsp3) is 0.550. The first-order valence-corrected chi connectivity index (χ1v) is 9.94. The summed E-state index contributed by atoms with van der Waals surface area (Å²) in [4.78, 5) is 28.7. The minimum absolute atomic E-state index is 0.00185. The summed E-state index contributed by atoms with van der Waals surface area (Å²) in [7, 11) is 1.75. The average molecular weight is 405 g/mol. The van der Waals surface area contributed by atoms with Gasteiger partial charge >= 0.3 is 0 Å². The van der Waals surface area contributed by atoms with Crippen LogP contribution in [-0.4, -0.2) is 69.6 Å². The number of nitrogens with two attached hydrogens (primary N) is 1. The van der Waals surface area contributed by atoms with Crippen molar-refractivity contribution in [1.82, 2.24) is 21.3 Å². The Bertz CT molecular complexity index is 709. The molecule has 0 aliphatic carbocycles. The second-order valence-corrected chi connectivity index (χ2v) is 7.07. The molecular weight excluding hydrogens is 372 g/mol. The molecule has 1 heterocycles. The maximum atomic E-state index is 12.5. The summed E-state index contributed by atoms with van der Waals surface area (Å²) in [6.07, 6.45) is 1.56. The summed E-state index contributed by atoms with van der Waals surface area (Å²) in [5.41, 5.74) is 6.98. The summed E-state index contributed by atoms with van der Waals surface area (Å²) in [6, 6.07) is 7.21. The Balaban J connectivity index is 2.10. The third-order valence-electron chi connectivity index (χ3n) is 4.48. The highest BCUT2D eigenvalue weighted by atomic mass is 16.5. The molecule has 2 rings (SSSR count). The molecule has 0 aromatic heterocycles. The molecule has 0 saturated carbocycles. The first kappa shape index (κ1) is 22.6. The molecule has 0 fully saturated rings. The zero-order valence-electron chi connectivity index (χ0n) is 17.2. The van der Waals surface area contributed by atoms with Crippen LogP contribution in [0.4, 0.5) is 0 Å². The summed E-state index contributed by atoms with van der Waals surface area (Å²) in [5, 5.41) is 11.7. The minimum atomic E-state index is -0.649. The van der Waals surface area contributed by atoms with E-state index in [0.717, 1.165) is 24.2 Å². The number of benzene rings is 1. The van der Waals surface area contributed by atoms with E-state index in [4.69, 9.17) is 10.5 Å². The van der Waals surface area contributed by atoms with Crippen molar-refractivity contribution in [3.63, 3.8) is 0 Å². The van der Waals surface area contributed by atoms with Crippen molar-refractivity contribution < 1.29 is 14.3 Å². The van der Waals surface area contributed by atoms with Gasteiger partial charge in [0, 0.05) is 19.1 Å². The Morgan fingerprint density at radius 3 is 2.83 bits per heavy atom. The quantitative estimate of drug-likeness (QED) is 0.437. The molecular formula is C20H32N6O3. The van der Waals surface area contributed by atoms with Crippen LogP contribution >= 0.6 is 0 Å². The highest BCUT2D eigenvalue weighted by Crippen LogP contribution is 2.19. The molecule has 0 bridgehead atoms. The minimum Gasteiger partial charge on any atom is -0.492 e. The van der Waals surface area contributed by atoms with Crippen LogP contribution < -0.4 is 31.7 Å². The molecule has 2 amide bonds. The number of carbonyl (C=O) groups excluding carboxylic acids is 2. The number of nitrogens with one attached hydrogen (secondary N) is 4. The van der Waals surface area contributed by atoms with Gasteiger partial charge in [-0.3, -0.25) is 14.6 Å². The number of hydrogen-bond acceptors (Lipinski definition) is 7. The molecule has 2 atom stereocenters. The highest BCUT2D eigenvalue weighted by Gasteiger charge is 2.17. The van der Waals surface area contributed by atoms with Crippen molar-refractivity contribution in [3.05, 3.63) is 29.8 Å². The maximum absolute atomic E-state index is 12.5. The number of amides is 2. The number of carbonyl (C=O) groups is 2. The topological polar surface area (TPSA) is 130 Å². The van der Waals surface area contributed by atoms with E-state index in [9.17, 15) is 9.59 Å². The molecule has 9 heteroatoms. The molecule has 1 aromatic carbocycles. The van der Waals surface area contributed by atoms with Gasteiger partial charge in [-0.1, -0.05) is 18.2 Å². The maximum Gasteiger partial charge on any atom is 0.246 e. The van der Waals surface area contributed by atoms with Crippen molar-refractivity contribution in [3.8, 4) is 5.75 Å². The Hall–Kier alpha value is -2.65. The predicted molar refractivity (Wildman–Crippen MR) is 113 cm³/mol. The predicted octanol–water partition coefficient (Wildman–Crippen LogP) is -0.833. The number of aryl methyl sites for hydroxylation is 1. The Morgan fingerprint density at radius 1 is 1.24 bits per heavy atom. The third kappa shape index (κ3) is 8.08. The van der Waals surface area contributed by atoms with Crippen LogP contribution in [0.2, 0.25) is 0 Å². The van der Waals surface area contributed by atoms with Gasteiger partial charge in [-0.25, -0.2) is 0 Å². The number of fused-ring (bicyclic) bond motifs is 1. The second kappa shape index (κ2) is 12.0. The zero-order valence-corrected chi connectivity index (χ0v) is 17.2. The first-order valence-electron chi connectivity index (χ1n) is 9.94. The van der Waals surface area contributed by atoms with E-state index >= 15 is 0 Å². The highest BCUT2D eigenvalue weighted by molar-refractivity contribution is 5.91. The SMILES string of the molecule is CNCC1N=C(N)CNC(=O)CN[C@@H](C)COc2ccccc2CCCNC1=O. The summed E-state index contributed by atoms with van der Waals surface area (Å²) in [5.74, 6) is 0.629. The van der Waals surface area contributed by atoms with Crippen LogP contribution in [0.3, 0.4) is 0 Å². The van der Waals surface area contributed by atoms with Gasteiger partial charge in [0.25, 0.3) is 0 Å². The van der Waals surface area contributed by atoms with E-state index < -0.39 is 6.04 Å². The fourth-order valence-corrected chi connectivity index (χ4v) is 2.89. The van der Waals surface area contributed by atoms with Gasteiger partial charge in [0.2, 0.25) is 11.8 Å². The van der Waals surface area contributed by atoms with Crippen molar-refractivity contribution >= 4 is 17.6 Å². The molecule has 160 valence electrons. The van der Waals surface area contributed by atoms with E-state index in [-0.39, 0.29) is 36.8 Å². The molecule has 1 unspecified atom stereocenters. The summed E-state index contributed by atoms with van der Waals surface area (Å²) in [6.45, 7) is 3.51. The van der Waals surface area contributed by atoms with Crippen molar-refractivity contribution in [2.45, 2.75) is 31.8 Å². The molecule has 9 nitrogen and oxygen atoms in total.